The molecule has 0 aliphatic heterocycles. The third-order valence-corrected chi connectivity index (χ3v) is 11.9. The highest BCUT2D eigenvalue weighted by molar-refractivity contribution is 5.71. The summed E-state index contributed by atoms with van der Waals surface area (Å²) in [6, 6.07) is 0. The first-order chi connectivity index (χ1) is 30.5. The first kappa shape index (κ1) is 59.6. The van der Waals surface area contributed by atoms with E-state index in [0.29, 0.717) is 19.3 Å². The van der Waals surface area contributed by atoms with Gasteiger partial charge in [0.25, 0.3) is 0 Å². The van der Waals surface area contributed by atoms with Crippen LogP contribution in [0.3, 0.4) is 0 Å². The first-order valence-corrected chi connectivity index (χ1v) is 27.0. The van der Waals surface area contributed by atoms with Crippen LogP contribution < -0.4 is 0 Å². The highest BCUT2D eigenvalue weighted by Crippen LogP contribution is 2.15. The van der Waals surface area contributed by atoms with Gasteiger partial charge in [0.2, 0.25) is 0 Å². The Hall–Kier alpha value is -2.37. The van der Waals surface area contributed by atoms with E-state index in [9.17, 15) is 14.4 Å². The molecule has 0 rings (SSSR count). The summed E-state index contributed by atoms with van der Waals surface area (Å²) in [6.45, 7) is 6.59. The van der Waals surface area contributed by atoms with Gasteiger partial charge < -0.3 is 14.2 Å². The third kappa shape index (κ3) is 48.7. The van der Waals surface area contributed by atoms with E-state index in [0.717, 1.165) is 77.0 Å². The number of ether oxygens (including phenoxy) is 3. The van der Waals surface area contributed by atoms with Crippen LogP contribution in [0.2, 0.25) is 0 Å². The number of rotatable bonds is 49. The third-order valence-electron chi connectivity index (χ3n) is 11.9. The van der Waals surface area contributed by atoms with E-state index in [1.54, 1.807) is 0 Å². The van der Waals surface area contributed by atoms with Gasteiger partial charge in [-0.15, -0.1) is 0 Å². The average Bonchev–Trinajstić information content (AvgIpc) is 3.27. The van der Waals surface area contributed by atoms with Gasteiger partial charge in [0.05, 0.1) is 0 Å². The summed E-state index contributed by atoms with van der Waals surface area (Å²) < 4.78 is 16.8. The largest absolute Gasteiger partial charge is 0.462 e. The van der Waals surface area contributed by atoms with E-state index < -0.39 is 6.10 Å². The molecule has 0 saturated carbocycles. The molecular weight excluding hydrogens is 769 g/mol. The Balaban J connectivity index is 4.20. The highest BCUT2D eigenvalue weighted by Gasteiger charge is 2.19. The summed E-state index contributed by atoms with van der Waals surface area (Å²) in [5.74, 6) is -0.877. The summed E-state index contributed by atoms with van der Waals surface area (Å²) in [7, 11) is 0. The Labute approximate surface area is 385 Å². The van der Waals surface area contributed by atoms with Crippen molar-refractivity contribution in [1.29, 1.82) is 0 Å². The summed E-state index contributed by atoms with van der Waals surface area (Å²) >= 11 is 0. The van der Waals surface area contributed by atoms with E-state index in [1.807, 2.05) is 0 Å². The lowest BCUT2D eigenvalue weighted by molar-refractivity contribution is -0.167. The number of carbonyl (C=O) groups is 3. The van der Waals surface area contributed by atoms with E-state index >= 15 is 0 Å². The molecule has 0 aliphatic carbocycles. The van der Waals surface area contributed by atoms with Crippen molar-refractivity contribution < 1.29 is 28.6 Å². The van der Waals surface area contributed by atoms with Crippen LogP contribution in [0.4, 0.5) is 0 Å². The maximum atomic E-state index is 12.7. The highest BCUT2D eigenvalue weighted by atomic mass is 16.6. The number of carbonyl (C=O) groups excluding carboxylic acids is 3. The van der Waals surface area contributed by atoms with Crippen molar-refractivity contribution in [3.8, 4) is 0 Å². The maximum absolute atomic E-state index is 12.7. The number of unbranched alkanes of at least 4 members (excludes halogenated alkanes) is 32. The SMILES string of the molecule is CCCC/C=C\CCCCCCCC(=O)OC(COC(=O)CCCCCCCCCCCC)COC(=O)CCCCCCCCCCCCC/C=C\C/C=C\CCCCCCC. The van der Waals surface area contributed by atoms with Crippen LogP contribution in [-0.2, 0) is 28.6 Å². The van der Waals surface area contributed by atoms with E-state index in [4.69, 9.17) is 14.2 Å². The van der Waals surface area contributed by atoms with Crippen molar-refractivity contribution in [3.63, 3.8) is 0 Å². The van der Waals surface area contributed by atoms with Gasteiger partial charge in [-0.25, -0.2) is 0 Å². The van der Waals surface area contributed by atoms with Crippen LogP contribution in [0, 0.1) is 0 Å². The maximum Gasteiger partial charge on any atom is 0.306 e. The first-order valence-electron chi connectivity index (χ1n) is 27.0. The molecule has 0 aromatic carbocycles. The summed E-state index contributed by atoms with van der Waals surface area (Å²) in [5.41, 5.74) is 0. The minimum absolute atomic E-state index is 0.0732. The predicted molar refractivity (Wildman–Crippen MR) is 266 cm³/mol. The second-order valence-electron chi connectivity index (χ2n) is 18.1. The van der Waals surface area contributed by atoms with Crippen LogP contribution >= 0.6 is 0 Å². The normalized spacial score (nSPS) is 12.2. The Morgan fingerprint density at radius 1 is 0.323 bits per heavy atom. The van der Waals surface area contributed by atoms with Crippen LogP contribution in [0.15, 0.2) is 36.5 Å². The van der Waals surface area contributed by atoms with Gasteiger partial charge in [-0.2, -0.15) is 0 Å². The fraction of sp³-hybridized carbons (Fsp3) is 0.839. The van der Waals surface area contributed by atoms with E-state index in [1.165, 1.54) is 167 Å². The minimum Gasteiger partial charge on any atom is -0.462 e. The fourth-order valence-corrected chi connectivity index (χ4v) is 7.75. The van der Waals surface area contributed by atoms with Gasteiger partial charge in [0.1, 0.15) is 13.2 Å². The zero-order chi connectivity index (χ0) is 45.1. The van der Waals surface area contributed by atoms with Crippen LogP contribution in [0.25, 0.3) is 0 Å². The molecule has 0 radical (unpaired) electrons. The standard InChI is InChI=1S/C56H102O6/c1-4-7-10-13-16-19-22-23-24-25-26-27-28-29-30-31-32-33-35-37-40-43-46-49-55(58)61-52-53(51-60-54(57)48-45-42-39-36-21-18-15-12-9-6-3)62-56(59)50-47-44-41-38-34-20-17-14-11-8-5-2/h14,17,22-23,25-26,53H,4-13,15-16,18-21,24,27-52H2,1-3H3/b17-14-,23-22-,26-25-. The smallest absolute Gasteiger partial charge is 0.306 e. The lowest BCUT2D eigenvalue weighted by Gasteiger charge is -2.18. The lowest BCUT2D eigenvalue weighted by Crippen LogP contribution is -2.30. The number of hydrogen-bond acceptors (Lipinski definition) is 6. The van der Waals surface area contributed by atoms with Gasteiger partial charge in [0.15, 0.2) is 6.10 Å². The Morgan fingerprint density at radius 3 is 0.952 bits per heavy atom. The topological polar surface area (TPSA) is 78.9 Å². The zero-order valence-corrected chi connectivity index (χ0v) is 41.4. The number of hydrogen-bond donors (Lipinski definition) is 0. The molecule has 6 nitrogen and oxygen atoms in total. The number of esters is 3. The fourth-order valence-electron chi connectivity index (χ4n) is 7.75. The molecule has 1 atom stereocenters. The van der Waals surface area contributed by atoms with E-state index in [2.05, 4.69) is 57.2 Å². The predicted octanol–water partition coefficient (Wildman–Crippen LogP) is 17.7. The van der Waals surface area contributed by atoms with Crippen LogP contribution in [0.1, 0.15) is 284 Å². The van der Waals surface area contributed by atoms with Crippen molar-refractivity contribution in [2.45, 2.75) is 290 Å². The molecule has 0 saturated heterocycles. The zero-order valence-electron chi connectivity index (χ0n) is 41.4. The lowest BCUT2D eigenvalue weighted by atomic mass is 10.0. The molecule has 0 aromatic rings. The molecule has 6 heteroatoms. The summed E-state index contributed by atoms with van der Waals surface area (Å²) in [5, 5.41) is 0. The summed E-state index contributed by atoms with van der Waals surface area (Å²) in [6.07, 6.45) is 60.0. The minimum atomic E-state index is -0.772. The van der Waals surface area contributed by atoms with Gasteiger partial charge in [0, 0.05) is 19.3 Å². The second-order valence-corrected chi connectivity index (χ2v) is 18.1. The molecule has 0 heterocycles. The molecule has 0 aromatic heterocycles. The molecule has 0 bridgehead atoms. The Bertz CT molecular complexity index is 1050. The van der Waals surface area contributed by atoms with Gasteiger partial charge in [-0.3, -0.25) is 14.4 Å². The Kier molecular flexibility index (Phi) is 49.3. The van der Waals surface area contributed by atoms with Crippen molar-refractivity contribution in [2.75, 3.05) is 13.2 Å². The van der Waals surface area contributed by atoms with E-state index in [-0.39, 0.29) is 31.1 Å². The molecule has 62 heavy (non-hydrogen) atoms. The van der Waals surface area contributed by atoms with Crippen LogP contribution in [-0.4, -0.2) is 37.2 Å². The molecular formula is C56H102O6. The van der Waals surface area contributed by atoms with Crippen molar-refractivity contribution in [1.82, 2.24) is 0 Å². The quantitative estimate of drug-likeness (QED) is 0.0262. The van der Waals surface area contributed by atoms with Gasteiger partial charge >= 0.3 is 17.9 Å². The second kappa shape index (κ2) is 51.3. The molecule has 0 spiro atoms. The van der Waals surface area contributed by atoms with Gasteiger partial charge in [-0.1, -0.05) is 231 Å². The monoisotopic (exact) mass is 871 g/mol. The summed E-state index contributed by atoms with van der Waals surface area (Å²) in [4.78, 5) is 37.9. The van der Waals surface area contributed by atoms with Crippen molar-refractivity contribution in [3.05, 3.63) is 36.5 Å². The molecule has 0 amide bonds. The van der Waals surface area contributed by atoms with Gasteiger partial charge in [-0.05, 0) is 70.6 Å². The Morgan fingerprint density at radius 2 is 0.597 bits per heavy atom. The molecule has 1 unspecified atom stereocenters. The molecule has 0 aliphatic rings. The molecule has 362 valence electrons. The molecule has 0 fully saturated rings. The van der Waals surface area contributed by atoms with Crippen LogP contribution in [0.5, 0.6) is 0 Å². The molecule has 0 N–H and O–H groups in total. The van der Waals surface area contributed by atoms with Crippen molar-refractivity contribution in [2.24, 2.45) is 0 Å². The average molecular weight is 871 g/mol. The number of allylic oxidation sites excluding steroid dienone is 6. The van der Waals surface area contributed by atoms with Crippen molar-refractivity contribution >= 4 is 17.9 Å².